The van der Waals surface area contributed by atoms with Crippen LogP contribution in [0.25, 0.3) is 11.6 Å². The van der Waals surface area contributed by atoms with Gasteiger partial charge in [-0.1, -0.05) is 5.16 Å². The van der Waals surface area contributed by atoms with Crippen LogP contribution in [0.15, 0.2) is 4.52 Å². The topological polar surface area (TPSA) is 107 Å². The number of hydrogen-bond acceptors (Lipinski definition) is 7. The van der Waals surface area contributed by atoms with Gasteiger partial charge in [-0.3, -0.25) is 0 Å². The number of ether oxygens (including phenoxy) is 1. The first-order valence-corrected chi connectivity index (χ1v) is 4.02. The van der Waals surface area contributed by atoms with Crippen molar-refractivity contribution < 1.29 is 14.1 Å². The molecule has 2 aromatic heterocycles. The minimum absolute atomic E-state index is 0.00467. The van der Waals surface area contributed by atoms with Crippen molar-refractivity contribution in [3.8, 4) is 11.6 Å². The summed E-state index contributed by atoms with van der Waals surface area (Å²) in [6, 6.07) is 0. The van der Waals surface area contributed by atoms with Crippen molar-refractivity contribution in [2.45, 2.75) is 6.92 Å². The fourth-order valence-corrected chi connectivity index (χ4v) is 0.947. The van der Waals surface area contributed by atoms with Gasteiger partial charge in [-0.05, 0) is 0 Å². The zero-order valence-electron chi connectivity index (χ0n) is 8.01. The van der Waals surface area contributed by atoms with Gasteiger partial charge in [0.1, 0.15) is 0 Å². The minimum atomic E-state index is -0.603. The lowest BCUT2D eigenvalue weighted by Gasteiger charge is -1.89. The molecule has 0 spiro atoms. The maximum absolute atomic E-state index is 11.0. The fourth-order valence-electron chi connectivity index (χ4n) is 0.947. The third kappa shape index (κ3) is 1.68. The van der Waals surface area contributed by atoms with Gasteiger partial charge in [0.2, 0.25) is 23.4 Å². The van der Waals surface area contributed by atoms with Gasteiger partial charge in [-0.25, -0.2) is 4.79 Å². The Hall–Kier alpha value is -2.25. The Morgan fingerprint density at radius 1 is 1.47 bits per heavy atom. The quantitative estimate of drug-likeness (QED) is 0.691. The van der Waals surface area contributed by atoms with Gasteiger partial charge in [0.25, 0.3) is 0 Å². The number of rotatable bonds is 2. The molecule has 0 saturated heterocycles. The molecular weight excluding hydrogens is 202 g/mol. The highest BCUT2D eigenvalue weighted by atomic mass is 16.5. The van der Waals surface area contributed by atoms with Crippen LogP contribution in [-0.4, -0.2) is 38.4 Å². The number of aromatic nitrogens is 5. The largest absolute Gasteiger partial charge is 0.463 e. The van der Waals surface area contributed by atoms with E-state index in [-0.39, 0.29) is 17.5 Å². The Balaban J connectivity index is 2.31. The first-order valence-electron chi connectivity index (χ1n) is 4.02. The molecule has 0 fully saturated rings. The van der Waals surface area contributed by atoms with Crippen molar-refractivity contribution in [2.24, 2.45) is 0 Å². The van der Waals surface area contributed by atoms with Crippen LogP contribution >= 0.6 is 0 Å². The smallest absolute Gasteiger partial charge is 0.376 e. The molecule has 8 nitrogen and oxygen atoms in total. The first-order chi connectivity index (χ1) is 7.20. The van der Waals surface area contributed by atoms with Gasteiger partial charge >= 0.3 is 5.97 Å². The first kappa shape index (κ1) is 9.31. The molecule has 0 saturated carbocycles. The van der Waals surface area contributed by atoms with Crippen LogP contribution in [0, 0.1) is 6.92 Å². The third-order valence-electron chi connectivity index (χ3n) is 1.60. The second-order valence-electron chi connectivity index (χ2n) is 2.65. The summed E-state index contributed by atoms with van der Waals surface area (Å²) in [5, 5.41) is 10.9. The molecule has 0 aromatic carbocycles. The van der Waals surface area contributed by atoms with Crippen LogP contribution in [0.2, 0.25) is 0 Å². The monoisotopic (exact) mass is 209 g/mol. The third-order valence-corrected chi connectivity index (χ3v) is 1.60. The van der Waals surface area contributed by atoms with Gasteiger partial charge in [-0.2, -0.15) is 4.98 Å². The number of methoxy groups -OCH3 is 1. The van der Waals surface area contributed by atoms with E-state index >= 15 is 0 Å². The van der Waals surface area contributed by atoms with Crippen molar-refractivity contribution in [1.29, 1.82) is 0 Å². The summed E-state index contributed by atoms with van der Waals surface area (Å²) in [4.78, 5) is 17.6. The standard InChI is InChI=1S/C7H7N5O3/c1-3-8-5(12-15-3)4-9-6(11-10-4)7(13)14-2/h1-2H3,(H,9,10,11). The molecule has 0 aliphatic rings. The van der Waals surface area contributed by atoms with Gasteiger partial charge in [0, 0.05) is 6.92 Å². The molecule has 8 heteroatoms. The van der Waals surface area contributed by atoms with Crippen LogP contribution in [0.4, 0.5) is 0 Å². The van der Waals surface area contributed by atoms with E-state index in [1.165, 1.54) is 7.11 Å². The zero-order valence-corrected chi connectivity index (χ0v) is 8.01. The molecule has 0 bridgehead atoms. The average molecular weight is 209 g/mol. The summed E-state index contributed by atoms with van der Waals surface area (Å²) in [6.45, 7) is 1.65. The summed E-state index contributed by atoms with van der Waals surface area (Å²) in [5.41, 5.74) is 0. The zero-order chi connectivity index (χ0) is 10.8. The predicted octanol–water partition coefficient (Wildman–Crippen LogP) is -0.0503. The number of H-pyrrole nitrogens is 1. The molecule has 78 valence electrons. The van der Waals surface area contributed by atoms with E-state index in [2.05, 4.69) is 30.1 Å². The normalized spacial score (nSPS) is 10.3. The Morgan fingerprint density at radius 2 is 2.27 bits per heavy atom. The Bertz CT molecular complexity index is 488. The summed E-state index contributed by atoms with van der Waals surface area (Å²) >= 11 is 0. The van der Waals surface area contributed by atoms with Crippen LogP contribution in [0.5, 0.6) is 0 Å². The summed E-state index contributed by atoms with van der Waals surface area (Å²) in [7, 11) is 1.25. The Labute approximate surface area is 83.7 Å². The number of nitrogens with one attached hydrogen (secondary N) is 1. The average Bonchev–Trinajstić information content (AvgIpc) is 2.84. The molecule has 0 amide bonds. The highest BCUT2D eigenvalue weighted by Gasteiger charge is 2.15. The molecule has 2 rings (SSSR count). The van der Waals surface area contributed by atoms with E-state index in [0.717, 1.165) is 0 Å². The van der Waals surface area contributed by atoms with E-state index in [0.29, 0.717) is 5.89 Å². The Kier molecular flexibility index (Phi) is 2.16. The number of carbonyl (C=O) groups is 1. The fraction of sp³-hybridized carbons (Fsp3) is 0.286. The van der Waals surface area contributed by atoms with Gasteiger partial charge in [0.15, 0.2) is 0 Å². The van der Waals surface area contributed by atoms with Crippen LogP contribution in [0.3, 0.4) is 0 Å². The lowest BCUT2D eigenvalue weighted by molar-refractivity contribution is 0.0587. The van der Waals surface area contributed by atoms with Crippen molar-refractivity contribution >= 4 is 5.97 Å². The SMILES string of the molecule is COC(=O)c1nnc(-c2noc(C)n2)[nH]1. The number of hydrogen-bond donors (Lipinski definition) is 1. The maximum Gasteiger partial charge on any atom is 0.376 e. The van der Waals surface area contributed by atoms with Crippen molar-refractivity contribution in [2.75, 3.05) is 7.11 Å². The van der Waals surface area contributed by atoms with Gasteiger partial charge < -0.3 is 14.2 Å². The molecular formula is C7H7N5O3. The second kappa shape index (κ2) is 3.48. The molecule has 0 unspecified atom stereocenters. The number of esters is 1. The Morgan fingerprint density at radius 3 is 2.87 bits per heavy atom. The van der Waals surface area contributed by atoms with Crippen molar-refractivity contribution in [1.82, 2.24) is 25.3 Å². The lowest BCUT2D eigenvalue weighted by Crippen LogP contribution is -2.03. The van der Waals surface area contributed by atoms with Crippen molar-refractivity contribution in [3.05, 3.63) is 11.7 Å². The molecule has 2 heterocycles. The van der Waals surface area contributed by atoms with E-state index in [1.54, 1.807) is 6.92 Å². The number of aromatic amines is 1. The van der Waals surface area contributed by atoms with E-state index in [4.69, 9.17) is 4.52 Å². The van der Waals surface area contributed by atoms with Gasteiger partial charge in [0.05, 0.1) is 7.11 Å². The molecule has 1 N–H and O–H groups in total. The van der Waals surface area contributed by atoms with Crippen molar-refractivity contribution in [3.63, 3.8) is 0 Å². The van der Waals surface area contributed by atoms with Gasteiger partial charge in [-0.15, -0.1) is 10.2 Å². The number of aryl methyl sites for hydroxylation is 1. The van der Waals surface area contributed by atoms with E-state index in [9.17, 15) is 4.79 Å². The molecule has 2 aromatic rings. The highest BCUT2D eigenvalue weighted by molar-refractivity contribution is 5.85. The highest BCUT2D eigenvalue weighted by Crippen LogP contribution is 2.09. The summed E-state index contributed by atoms with van der Waals surface area (Å²) in [5.74, 6) is 0.298. The van der Waals surface area contributed by atoms with Crippen LogP contribution < -0.4 is 0 Å². The molecule has 0 atom stereocenters. The molecule has 15 heavy (non-hydrogen) atoms. The summed E-state index contributed by atoms with van der Waals surface area (Å²) in [6.07, 6.45) is 0. The van der Waals surface area contributed by atoms with E-state index < -0.39 is 5.97 Å². The molecule has 0 aliphatic heterocycles. The van der Waals surface area contributed by atoms with E-state index in [1.807, 2.05) is 0 Å². The molecule has 0 radical (unpaired) electrons. The maximum atomic E-state index is 11.0. The second-order valence-corrected chi connectivity index (χ2v) is 2.65. The summed E-state index contributed by atoms with van der Waals surface area (Å²) < 4.78 is 9.20. The molecule has 0 aliphatic carbocycles. The van der Waals surface area contributed by atoms with Crippen LogP contribution in [-0.2, 0) is 4.74 Å². The number of nitrogens with zero attached hydrogens (tertiary/aromatic N) is 4. The lowest BCUT2D eigenvalue weighted by atomic mass is 10.5. The minimum Gasteiger partial charge on any atom is -0.463 e. The predicted molar refractivity (Wildman–Crippen MR) is 45.8 cm³/mol. The number of carbonyl (C=O) groups excluding carboxylic acids is 1. The van der Waals surface area contributed by atoms with Crippen LogP contribution in [0.1, 0.15) is 16.5 Å².